The summed E-state index contributed by atoms with van der Waals surface area (Å²) in [5.41, 5.74) is 3.27. The van der Waals surface area contributed by atoms with Crippen LogP contribution in [-0.4, -0.2) is 44.8 Å². The monoisotopic (exact) mass is 491 g/mol. The predicted molar refractivity (Wildman–Crippen MR) is 120 cm³/mol. The van der Waals surface area contributed by atoms with Gasteiger partial charge in [0.05, 0.1) is 22.0 Å². The van der Waals surface area contributed by atoms with Gasteiger partial charge >= 0.3 is 16.4 Å². The molecular formula is C20H14ClN3O6S2. The number of aliphatic carboxylic acids is 1. The van der Waals surface area contributed by atoms with Crippen LogP contribution in [0.25, 0.3) is 33.5 Å². The highest BCUT2D eigenvalue weighted by Gasteiger charge is 2.15. The lowest BCUT2D eigenvalue weighted by atomic mass is 10.0. The van der Waals surface area contributed by atoms with Gasteiger partial charge in [-0.2, -0.15) is 8.42 Å². The Morgan fingerprint density at radius 1 is 1.09 bits per heavy atom. The Morgan fingerprint density at radius 2 is 1.78 bits per heavy atom. The number of H-pyrrole nitrogens is 1. The molecule has 9 nitrogen and oxygen atoms in total. The van der Waals surface area contributed by atoms with E-state index in [1.54, 1.807) is 48.5 Å². The highest BCUT2D eigenvalue weighted by Crippen LogP contribution is 2.34. The molecular weight excluding hydrogens is 478 g/mol. The minimum Gasteiger partial charge on any atom is -0.481 e. The van der Waals surface area contributed by atoms with Crippen LogP contribution in [0, 0.1) is 0 Å². The fourth-order valence-electron chi connectivity index (χ4n) is 3.00. The number of nitrogens with one attached hydrogen (secondary N) is 1. The Morgan fingerprint density at radius 3 is 2.47 bits per heavy atom. The first-order valence-corrected chi connectivity index (χ1v) is 11.7. The van der Waals surface area contributed by atoms with E-state index >= 15 is 0 Å². The number of pyridine rings is 1. The highest BCUT2D eigenvalue weighted by atomic mass is 35.5. The first-order chi connectivity index (χ1) is 15.2. The fraction of sp³-hybridized carbons (Fsp3) is 0.0500. The Hall–Kier alpha value is -3.12. The number of thioether (sulfide) groups is 1. The Bertz CT molecular complexity index is 1420. The standard InChI is InChI=1S/C20H14ClN3O6S2/c21-14-9-15-19(24-20(22-15)31-10-17(25)26)23-18(14)12-7-5-11(6-8-12)13-3-1-2-4-16(13)30-32(27,28)29/h1-9H,10H2,(H,25,26)(H,22,23,24)(H,27,28,29). The largest absolute Gasteiger partial charge is 0.481 e. The lowest BCUT2D eigenvalue weighted by molar-refractivity contribution is -0.133. The van der Waals surface area contributed by atoms with Gasteiger partial charge in [0.2, 0.25) is 0 Å². The lowest BCUT2D eigenvalue weighted by Gasteiger charge is -2.10. The average Bonchev–Trinajstić information content (AvgIpc) is 3.13. The van der Waals surface area contributed by atoms with E-state index in [2.05, 4.69) is 19.1 Å². The molecule has 3 N–H and O–H groups in total. The molecule has 0 fully saturated rings. The summed E-state index contributed by atoms with van der Waals surface area (Å²) < 4.78 is 35.9. The number of carboxylic acids is 1. The summed E-state index contributed by atoms with van der Waals surface area (Å²) in [5, 5.41) is 9.61. The zero-order valence-electron chi connectivity index (χ0n) is 16.0. The molecule has 2 aromatic heterocycles. The summed E-state index contributed by atoms with van der Waals surface area (Å²) in [6.45, 7) is 0. The second kappa shape index (κ2) is 8.79. The second-order valence-corrected chi connectivity index (χ2v) is 8.89. The third-order valence-corrected chi connectivity index (χ3v) is 5.83. The van der Waals surface area contributed by atoms with Crippen LogP contribution in [0.5, 0.6) is 5.75 Å². The molecule has 0 aliphatic heterocycles. The zero-order chi connectivity index (χ0) is 22.9. The number of rotatable bonds is 7. The molecule has 4 aromatic rings. The summed E-state index contributed by atoms with van der Waals surface area (Å²) in [6.07, 6.45) is 0. The number of hydrogen-bond donors (Lipinski definition) is 3. The molecule has 164 valence electrons. The maximum Gasteiger partial charge on any atom is 0.446 e. The molecule has 0 spiro atoms. The molecule has 0 saturated carbocycles. The number of nitrogens with zero attached hydrogens (tertiary/aromatic N) is 2. The van der Waals surface area contributed by atoms with Crippen LogP contribution in [0.2, 0.25) is 5.02 Å². The molecule has 2 heterocycles. The molecule has 0 bridgehead atoms. The molecule has 0 aliphatic rings. The average molecular weight is 492 g/mol. The quantitative estimate of drug-likeness (QED) is 0.254. The number of benzene rings is 2. The van der Waals surface area contributed by atoms with E-state index in [0.717, 1.165) is 11.8 Å². The molecule has 4 rings (SSSR count). The molecule has 0 radical (unpaired) electrons. The van der Waals surface area contributed by atoms with Gasteiger partial charge in [0.25, 0.3) is 0 Å². The third kappa shape index (κ3) is 5.02. The summed E-state index contributed by atoms with van der Waals surface area (Å²) in [5.74, 6) is -1.10. The van der Waals surface area contributed by atoms with Gasteiger partial charge in [-0.1, -0.05) is 65.8 Å². The second-order valence-electron chi connectivity index (χ2n) is 6.50. The number of halogens is 1. The van der Waals surface area contributed by atoms with Crippen molar-refractivity contribution in [3.8, 4) is 28.1 Å². The summed E-state index contributed by atoms with van der Waals surface area (Å²) in [4.78, 5) is 22.5. The van der Waals surface area contributed by atoms with Gasteiger partial charge in [0.15, 0.2) is 16.6 Å². The minimum atomic E-state index is -4.66. The smallest absolute Gasteiger partial charge is 0.446 e. The number of hydrogen-bond acceptors (Lipinski definition) is 7. The van der Waals surface area contributed by atoms with E-state index in [9.17, 15) is 13.2 Å². The Kier molecular flexibility index (Phi) is 6.07. The van der Waals surface area contributed by atoms with Gasteiger partial charge in [0.1, 0.15) is 0 Å². The summed E-state index contributed by atoms with van der Waals surface area (Å²) in [6, 6.07) is 15.0. The number of carbonyl (C=O) groups is 1. The maximum absolute atomic E-state index is 11.1. The molecule has 0 atom stereocenters. The topological polar surface area (TPSA) is 142 Å². The predicted octanol–water partition coefficient (Wildman–Crippen LogP) is 4.30. The minimum absolute atomic E-state index is 0.0109. The summed E-state index contributed by atoms with van der Waals surface area (Å²) >= 11 is 7.45. The first kappa shape index (κ1) is 22.1. The molecule has 2 aromatic carbocycles. The van der Waals surface area contributed by atoms with Crippen molar-refractivity contribution >= 4 is 50.9 Å². The van der Waals surface area contributed by atoms with E-state index in [1.165, 1.54) is 6.07 Å². The first-order valence-electron chi connectivity index (χ1n) is 8.97. The van der Waals surface area contributed by atoms with Crippen LogP contribution >= 0.6 is 23.4 Å². The van der Waals surface area contributed by atoms with E-state index < -0.39 is 16.4 Å². The van der Waals surface area contributed by atoms with Crippen LogP contribution in [0.1, 0.15) is 0 Å². The van der Waals surface area contributed by atoms with Crippen LogP contribution in [0.3, 0.4) is 0 Å². The van der Waals surface area contributed by atoms with Gasteiger partial charge in [0, 0.05) is 11.1 Å². The number of para-hydroxylation sites is 1. The third-order valence-electron chi connectivity index (χ3n) is 4.29. The van der Waals surface area contributed by atoms with Crippen molar-refractivity contribution < 1.29 is 27.1 Å². The normalized spacial score (nSPS) is 11.6. The number of aromatic nitrogens is 3. The van der Waals surface area contributed by atoms with Crippen molar-refractivity contribution in [2.24, 2.45) is 0 Å². The van der Waals surface area contributed by atoms with Crippen molar-refractivity contribution in [3.63, 3.8) is 0 Å². The van der Waals surface area contributed by atoms with Gasteiger partial charge in [-0.15, -0.1) is 0 Å². The molecule has 32 heavy (non-hydrogen) atoms. The Balaban J connectivity index is 1.66. The number of imidazole rings is 1. The molecule has 0 unspecified atom stereocenters. The van der Waals surface area contributed by atoms with Crippen LogP contribution in [-0.2, 0) is 15.2 Å². The van der Waals surface area contributed by atoms with E-state index in [4.69, 9.17) is 21.3 Å². The van der Waals surface area contributed by atoms with Gasteiger partial charge in [-0.3, -0.25) is 9.35 Å². The van der Waals surface area contributed by atoms with Crippen molar-refractivity contribution in [1.82, 2.24) is 15.0 Å². The van der Waals surface area contributed by atoms with Crippen molar-refractivity contribution in [1.29, 1.82) is 0 Å². The van der Waals surface area contributed by atoms with E-state index in [1.807, 2.05) is 0 Å². The summed E-state index contributed by atoms with van der Waals surface area (Å²) in [7, 11) is -4.66. The van der Waals surface area contributed by atoms with E-state index in [0.29, 0.717) is 43.7 Å². The SMILES string of the molecule is O=C(O)CSc1nc2nc(-c3ccc(-c4ccccc4OS(=O)(=O)O)cc3)c(Cl)cc2[nH]1. The molecule has 12 heteroatoms. The number of carboxylic acid groups (broad SMARTS) is 1. The molecule has 0 aliphatic carbocycles. The lowest BCUT2D eigenvalue weighted by Crippen LogP contribution is -2.07. The van der Waals surface area contributed by atoms with Crippen LogP contribution < -0.4 is 4.18 Å². The van der Waals surface area contributed by atoms with Gasteiger partial charge < -0.3 is 14.3 Å². The van der Waals surface area contributed by atoms with Crippen LogP contribution in [0.15, 0.2) is 59.8 Å². The highest BCUT2D eigenvalue weighted by molar-refractivity contribution is 7.99. The van der Waals surface area contributed by atoms with Gasteiger partial charge in [-0.25, -0.2) is 9.97 Å². The van der Waals surface area contributed by atoms with Gasteiger partial charge in [-0.05, 0) is 17.7 Å². The van der Waals surface area contributed by atoms with Crippen molar-refractivity contribution in [2.45, 2.75) is 5.16 Å². The van der Waals surface area contributed by atoms with E-state index in [-0.39, 0.29) is 11.5 Å². The number of aromatic amines is 1. The maximum atomic E-state index is 11.1. The zero-order valence-corrected chi connectivity index (χ0v) is 18.4. The molecule has 0 saturated heterocycles. The van der Waals surface area contributed by atoms with Crippen molar-refractivity contribution in [2.75, 3.05) is 5.75 Å². The fourth-order valence-corrected chi connectivity index (χ4v) is 4.22. The number of fused-ring (bicyclic) bond motifs is 1. The van der Waals surface area contributed by atoms with Crippen molar-refractivity contribution in [3.05, 3.63) is 59.6 Å². The molecule has 0 amide bonds. The Labute approximate surface area is 191 Å². The van der Waals surface area contributed by atoms with Crippen LogP contribution in [0.4, 0.5) is 0 Å².